The predicted octanol–water partition coefficient (Wildman–Crippen LogP) is 13.7. The molecule has 0 radical (unpaired) electrons. The molecule has 256 valence electrons. The van der Waals surface area contributed by atoms with Crippen molar-refractivity contribution in [1.29, 1.82) is 0 Å². The molecule has 2 aromatic heterocycles. The van der Waals surface area contributed by atoms with Gasteiger partial charge in [0.1, 0.15) is 0 Å². The Morgan fingerprint density at radius 3 is 1.76 bits per heavy atom. The van der Waals surface area contributed by atoms with Crippen LogP contribution in [0.15, 0.2) is 200 Å². The lowest BCUT2D eigenvalue weighted by molar-refractivity contribution is 1.18. The number of para-hydroxylation sites is 2. The minimum Gasteiger partial charge on any atom is -0.309 e. The first kappa shape index (κ1) is 31.2. The molecule has 0 saturated carbocycles. The highest BCUT2D eigenvalue weighted by atomic mass is 15.0. The Morgan fingerprint density at radius 2 is 0.945 bits per heavy atom. The van der Waals surface area contributed by atoms with Crippen LogP contribution in [0.2, 0.25) is 0 Å². The van der Waals surface area contributed by atoms with E-state index in [0.717, 1.165) is 50.4 Å². The molecule has 0 bridgehead atoms. The Bertz CT molecular complexity index is 3250. The van der Waals surface area contributed by atoms with Crippen molar-refractivity contribution in [2.75, 3.05) is 0 Å². The summed E-state index contributed by atoms with van der Waals surface area (Å²) in [6.45, 7) is 0. The van der Waals surface area contributed by atoms with E-state index in [4.69, 9.17) is 9.97 Å². The monoisotopic (exact) mass is 699 g/mol. The smallest absolute Gasteiger partial charge is 0.160 e. The van der Waals surface area contributed by atoms with Crippen LogP contribution in [0, 0.1) is 0 Å². The normalized spacial score (nSPS) is 11.6. The maximum atomic E-state index is 5.37. The summed E-state index contributed by atoms with van der Waals surface area (Å²) in [7, 11) is 0. The first-order chi connectivity index (χ1) is 27.3. The largest absolute Gasteiger partial charge is 0.309 e. The molecule has 0 saturated heterocycles. The molecule has 0 spiro atoms. The van der Waals surface area contributed by atoms with Gasteiger partial charge in [0.15, 0.2) is 5.82 Å². The lowest BCUT2D eigenvalue weighted by atomic mass is 9.87. The minimum absolute atomic E-state index is 0.695. The van der Waals surface area contributed by atoms with Gasteiger partial charge in [-0.25, -0.2) is 9.97 Å². The number of fused-ring (bicyclic) bond motifs is 7. The van der Waals surface area contributed by atoms with Gasteiger partial charge in [0.25, 0.3) is 0 Å². The summed E-state index contributed by atoms with van der Waals surface area (Å²) in [5.41, 5.74) is 10.7. The van der Waals surface area contributed by atoms with Crippen molar-refractivity contribution in [1.82, 2.24) is 14.5 Å². The van der Waals surface area contributed by atoms with Crippen molar-refractivity contribution in [3.63, 3.8) is 0 Å². The fourth-order valence-electron chi connectivity index (χ4n) is 8.56. The van der Waals surface area contributed by atoms with Crippen LogP contribution in [0.4, 0.5) is 0 Å². The van der Waals surface area contributed by atoms with Crippen molar-refractivity contribution in [2.24, 2.45) is 0 Å². The molecule has 0 aliphatic heterocycles. The Kier molecular flexibility index (Phi) is 7.17. The molecule has 55 heavy (non-hydrogen) atoms. The highest BCUT2D eigenvalue weighted by Gasteiger charge is 2.21. The molecule has 3 nitrogen and oxygen atoms in total. The van der Waals surface area contributed by atoms with E-state index in [1.54, 1.807) is 0 Å². The number of rotatable bonds is 5. The molecule has 11 rings (SSSR count). The molecule has 0 N–H and O–H groups in total. The molecule has 3 heteroatoms. The van der Waals surface area contributed by atoms with Gasteiger partial charge in [0.05, 0.1) is 22.4 Å². The molecule has 0 fully saturated rings. The summed E-state index contributed by atoms with van der Waals surface area (Å²) < 4.78 is 2.36. The van der Waals surface area contributed by atoms with Crippen molar-refractivity contribution in [2.45, 2.75) is 0 Å². The summed E-state index contributed by atoms with van der Waals surface area (Å²) in [6.07, 6.45) is 0. The van der Waals surface area contributed by atoms with Gasteiger partial charge in [-0.1, -0.05) is 164 Å². The van der Waals surface area contributed by atoms with Gasteiger partial charge in [0, 0.05) is 33.2 Å². The Morgan fingerprint density at radius 1 is 0.345 bits per heavy atom. The zero-order valence-corrected chi connectivity index (χ0v) is 29.9. The Balaban J connectivity index is 1.21. The van der Waals surface area contributed by atoms with Crippen LogP contribution in [-0.2, 0) is 0 Å². The van der Waals surface area contributed by atoms with Gasteiger partial charge in [0.2, 0.25) is 0 Å². The third kappa shape index (κ3) is 5.05. The first-order valence-corrected chi connectivity index (χ1v) is 18.8. The van der Waals surface area contributed by atoms with Crippen molar-refractivity contribution >= 4 is 54.1 Å². The zero-order chi connectivity index (χ0) is 36.3. The molecule has 9 aromatic carbocycles. The van der Waals surface area contributed by atoms with E-state index >= 15 is 0 Å². The van der Waals surface area contributed by atoms with Gasteiger partial charge in [-0.2, -0.15) is 0 Å². The van der Waals surface area contributed by atoms with Crippen LogP contribution in [0.3, 0.4) is 0 Å². The van der Waals surface area contributed by atoms with Crippen LogP contribution < -0.4 is 0 Å². The molecule has 2 heterocycles. The standard InChI is InChI=1S/C52H33N3/c1-3-17-35(18-4-1)52-53-46(33-47(54-52)43-27-15-29-49-51(43)44-26-13-14-28-48(44)55(49)37-20-5-2-6-21-37)40-24-11-12-25-41(40)50-39-23-10-8-19-36(39)32-45-38-22-9-7-16-34(38)30-31-42(45)50/h1-33H. The third-order valence-electron chi connectivity index (χ3n) is 11.0. The minimum atomic E-state index is 0.695. The van der Waals surface area contributed by atoms with Gasteiger partial charge in [-0.05, 0) is 79.8 Å². The van der Waals surface area contributed by atoms with Crippen molar-refractivity contribution in [3.8, 4) is 50.7 Å². The summed E-state index contributed by atoms with van der Waals surface area (Å²) in [4.78, 5) is 10.7. The van der Waals surface area contributed by atoms with Gasteiger partial charge in [-0.3, -0.25) is 0 Å². The second-order valence-corrected chi connectivity index (χ2v) is 14.1. The van der Waals surface area contributed by atoms with Crippen LogP contribution in [0.25, 0.3) is 105 Å². The van der Waals surface area contributed by atoms with Crippen LogP contribution in [0.1, 0.15) is 0 Å². The Hall–Kier alpha value is -7.36. The molecular formula is C52H33N3. The molecule has 0 aliphatic carbocycles. The van der Waals surface area contributed by atoms with E-state index in [1.165, 1.54) is 48.7 Å². The predicted molar refractivity (Wildman–Crippen MR) is 231 cm³/mol. The third-order valence-corrected chi connectivity index (χ3v) is 11.0. The van der Waals surface area contributed by atoms with Crippen molar-refractivity contribution in [3.05, 3.63) is 200 Å². The first-order valence-electron chi connectivity index (χ1n) is 18.8. The highest BCUT2D eigenvalue weighted by Crippen LogP contribution is 2.44. The highest BCUT2D eigenvalue weighted by molar-refractivity contribution is 6.21. The maximum Gasteiger partial charge on any atom is 0.160 e. The number of benzene rings is 9. The fourth-order valence-corrected chi connectivity index (χ4v) is 8.56. The number of aromatic nitrogens is 3. The number of hydrogen-bond donors (Lipinski definition) is 0. The van der Waals surface area contributed by atoms with Gasteiger partial charge < -0.3 is 4.57 Å². The number of hydrogen-bond acceptors (Lipinski definition) is 2. The average molecular weight is 700 g/mol. The average Bonchev–Trinajstić information content (AvgIpc) is 3.61. The number of nitrogens with zero attached hydrogens (tertiary/aromatic N) is 3. The van der Waals surface area contributed by atoms with E-state index in [2.05, 4.69) is 199 Å². The topological polar surface area (TPSA) is 30.7 Å². The summed E-state index contributed by atoms with van der Waals surface area (Å²) >= 11 is 0. The zero-order valence-electron chi connectivity index (χ0n) is 29.9. The molecule has 0 aliphatic rings. The molecule has 11 aromatic rings. The van der Waals surface area contributed by atoms with Crippen molar-refractivity contribution < 1.29 is 0 Å². The summed E-state index contributed by atoms with van der Waals surface area (Å²) in [6, 6.07) is 71.5. The summed E-state index contributed by atoms with van der Waals surface area (Å²) in [5, 5.41) is 9.75. The molecule has 0 amide bonds. The fraction of sp³-hybridized carbons (Fsp3) is 0. The lowest BCUT2D eigenvalue weighted by Gasteiger charge is -2.18. The van der Waals surface area contributed by atoms with Crippen LogP contribution in [0.5, 0.6) is 0 Å². The van der Waals surface area contributed by atoms with E-state index in [9.17, 15) is 0 Å². The second kappa shape index (κ2) is 12.6. The molecular weight excluding hydrogens is 667 g/mol. The van der Waals surface area contributed by atoms with E-state index in [1.807, 2.05) is 6.07 Å². The van der Waals surface area contributed by atoms with E-state index < -0.39 is 0 Å². The van der Waals surface area contributed by atoms with Crippen LogP contribution >= 0.6 is 0 Å². The van der Waals surface area contributed by atoms with Gasteiger partial charge in [-0.15, -0.1) is 0 Å². The second-order valence-electron chi connectivity index (χ2n) is 14.1. The SMILES string of the molecule is c1ccc(-c2nc(-c3ccccc3-c3c4ccccc4cc4c3ccc3ccccc34)cc(-c3cccc4c3c3ccccc3n4-c3ccccc3)n2)cc1. The Labute approximate surface area is 318 Å². The van der Waals surface area contributed by atoms with Crippen LogP contribution in [-0.4, -0.2) is 14.5 Å². The molecule has 0 unspecified atom stereocenters. The lowest BCUT2D eigenvalue weighted by Crippen LogP contribution is -1.98. The maximum absolute atomic E-state index is 5.37. The van der Waals surface area contributed by atoms with Gasteiger partial charge >= 0.3 is 0 Å². The molecule has 0 atom stereocenters. The quantitative estimate of drug-likeness (QED) is 0.132. The van der Waals surface area contributed by atoms with E-state index in [-0.39, 0.29) is 0 Å². The summed E-state index contributed by atoms with van der Waals surface area (Å²) in [5.74, 6) is 0.695. The van der Waals surface area contributed by atoms with E-state index in [0.29, 0.717) is 5.82 Å².